The number of anilines is 4. The molecule has 4 aromatic rings. The maximum Gasteiger partial charge on any atom is 0.260 e. The largest absolute Gasteiger partial charge is 0.272 e. The zero-order valence-corrected chi connectivity index (χ0v) is 20.1. The van der Waals surface area contributed by atoms with E-state index in [0.29, 0.717) is 22.7 Å². The Hall–Kier alpha value is -5.24. The Kier molecular flexibility index (Phi) is 5.69. The number of hydrogen-bond acceptors (Lipinski definition) is 4. The zero-order valence-electron chi connectivity index (χ0n) is 20.1. The average molecular weight is 503 g/mol. The Balaban J connectivity index is 1.47. The van der Waals surface area contributed by atoms with Crippen LogP contribution in [0.3, 0.4) is 0 Å². The van der Waals surface area contributed by atoms with E-state index in [1.165, 1.54) is 20.0 Å². The van der Waals surface area contributed by atoms with E-state index in [1.54, 1.807) is 121 Å². The van der Waals surface area contributed by atoms with Crippen LogP contribution in [0.15, 0.2) is 121 Å². The first-order valence-corrected chi connectivity index (χ1v) is 12.1. The quantitative estimate of drug-likeness (QED) is 0.383. The van der Waals surface area contributed by atoms with Crippen LogP contribution in [0, 0.1) is 11.8 Å². The second-order valence-corrected chi connectivity index (χ2v) is 8.90. The summed E-state index contributed by atoms with van der Waals surface area (Å²) < 4.78 is 0. The fourth-order valence-electron chi connectivity index (χ4n) is 4.95. The van der Waals surface area contributed by atoms with Gasteiger partial charge >= 0.3 is 0 Å². The summed E-state index contributed by atoms with van der Waals surface area (Å²) in [5.74, 6) is -5.62. The highest BCUT2D eigenvalue weighted by Gasteiger charge is 2.60. The van der Waals surface area contributed by atoms with Crippen molar-refractivity contribution < 1.29 is 19.2 Å². The van der Waals surface area contributed by atoms with E-state index in [1.807, 2.05) is 0 Å². The van der Waals surface area contributed by atoms with Gasteiger partial charge < -0.3 is 0 Å². The van der Waals surface area contributed by atoms with Crippen molar-refractivity contribution in [3.8, 4) is 0 Å². The van der Waals surface area contributed by atoms with Gasteiger partial charge in [0.15, 0.2) is 0 Å². The van der Waals surface area contributed by atoms with Gasteiger partial charge in [-0.25, -0.2) is 20.0 Å². The van der Waals surface area contributed by atoms with Crippen LogP contribution in [-0.4, -0.2) is 23.6 Å². The highest BCUT2D eigenvalue weighted by Crippen LogP contribution is 2.40. The summed E-state index contributed by atoms with van der Waals surface area (Å²) in [5.41, 5.74) is 1.81. The van der Waals surface area contributed by atoms with E-state index in [9.17, 15) is 19.2 Å². The topological polar surface area (TPSA) is 81.2 Å². The summed E-state index contributed by atoms with van der Waals surface area (Å²) in [5, 5.41) is 5.00. The first-order valence-electron chi connectivity index (χ1n) is 12.1. The first-order chi connectivity index (χ1) is 18.6. The number of hydrogen-bond donors (Lipinski definition) is 0. The molecule has 4 aromatic carbocycles. The molecule has 2 aliphatic heterocycles. The van der Waals surface area contributed by atoms with Crippen molar-refractivity contribution in [1.29, 1.82) is 0 Å². The fraction of sp³-hybridized carbons (Fsp3) is 0.0667. The van der Waals surface area contributed by atoms with Gasteiger partial charge in [0.2, 0.25) is 0 Å². The van der Waals surface area contributed by atoms with E-state index in [2.05, 4.69) is 0 Å². The molecule has 2 fully saturated rings. The standard InChI is InChI=1S/C30H22N4O4/c35-27-25(28(36)32(22-15-7-2-8-16-22)31(27)21-13-5-1-6-14-21)26-29(37)33(23-17-9-3-10-18-23)34(30(26)38)24-19-11-4-12-20-24/h1-20,25-26H. The highest BCUT2D eigenvalue weighted by molar-refractivity contribution is 6.32. The predicted molar refractivity (Wildman–Crippen MR) is 143 cm³/mol. The van der Waals surface area contributed by atoms with Crippen molar-refractivity contribution in [2.24, 2.45) is 11.8 Å². The molecule has 6 rings (SSSR count). The number of para-hydroxylation sites is 4. The summed E-state index contributed by atoms with van der Waals surface area (Å²) in [6.07, 6.45) is 0. The monoisotopic (exact) mass is 502 g/mol. The van der Waals surface area contributed by atoms with Crippen LogP contribution in [-0.2, 0) is 19.2 Å². The lowest BCUT2D eigenvalue weighted by Gasteiger charge is -2.27. The molecule has 0 bridgehead atoms. The molecule has 0 aromatic heterocycles. The van der Waals surface area contributed by atoms with Crippen molar-refractivity contribution in [2.45, 2.75) is 0 Å². The molecule has 0 atom stereocenters. The second-order valence-electron chi connectivity index (χ2n) is 8.90. The van der Waals surface area contributed by atoms with Crippen LogP contribution in [0.4, 0.5) is 22.7 Å². The Bertz CT molecular complexity index is 1280. The first kappa shape index (κ1) is 23.2. The van der Waals surface area contributed by atoms with Crippen LogP contribution >= 0.6 is 0 Å². The number of hydrazine groups is 2. The molecule has 0 unspecified atom stereocenters. The third-order valence-corrected chi connectivity index (χ3v) is 6.64. The van der Waals surface area contributed by atoms with Crippen molar-refractivity contribution in [2.75, 3.05) is 20.0 Å². The number of amides is 4. The SMILES string of the molecule is O=C1C(C2C(=O)N(c3ccccc3)N(c3ccccc3)C2=O)C(=O)N(c2ccccc2)N1c1ccccc1. The summed E-state index contributed by atoms with van der Waals surface area (Å²) in [4.78, 5) is 55.9. The Labute approximate surface area is 218 Å². The molecule has 8 nitrogen and oxygen atoms in total. The zero-order chi connectivity index (χ0) is 26.2. The number of carbonyl (C=O) groups is 4. The molecule has 186 valence electrons. The van der Waals surface area contributed by atoms with Gasteiger partial charge in [0, 0.05) is 0 Å². The van der Waals surface area contributed by atoms with Gasteiger partial charge in [-0.1, -0.05) is 72.8 Å². The molecule has 0 N–H and O–H groups in total. The lowest BCUT2D eigenvalue weighted by molar-refractivity contribution is -0.139. The average Bonchev–Trinajstić information content (AvgIpc) is 3.38. The lowest BCUT2D eigenvalue weighted by atomic mass is 9.90. The Morgan fingerprint density at radius 2 is 0.500 bits per heavy atom. The van der Waals surface area contributed by atoms with E-state index in [-0.39, 0.29) is 0 Å². The van der Waals surface area contributed by atoms with Crippen molar-refractivity contribution in [3.05, 3.63) is 121 Å². The van der Waals surface area contributed by atoms with Crippen LogP contribution in [0.5, 0.6) is 0 Å². The summed E-state index contributed by atoms with van der Waals surface area (Å²) in [7, 11) is 0. The molecular formula is C30H22N4O4. The minimum Gasteiger partial charge on any atom is -0.272 e. The fourth-order valence-corrected chi connectivity index (χ4v) is 4.95. The minimum atomic E-state index is -1.53. The lowest BCUT2D eigenvalue weighted by Crippen LogP contribution is -2.41. The van der Waals surface area contributed by atoms with E-state index < -0.39 is 35.5 Å². The molecule has 0 saturated carbocycles. The molecule has 2 aliphatic rings. The van der Waals surface area contributed by atoms with Crippen LogP contribution in [0.2, 0.25) is 0 Å². The van der Waals surface area contributed by atoms with E-state index >= 15 is 0 Å². The molecule has 0 spiro atoms. The highest BCUT2D eigenvalue weighted by atomic mass is 16.2. The number of carbonyl (C=O) groups excluding carboxylic acids is 4. The van der Waals surface area contributed by atoms with Gasteiger partial charge in [0.05, 0.1) is 22.7 Å². The molecule has 0 radical (unpaired) electrons. The maximum atomic E-state index is 14.0. The molecule has 2 saturated heterocycles. The van der Waals surface area contributed by atoms with Gasteiger partial charge in [-0.3, -0.25) is 19.2 Å². The molecule has 2 heterocycles. The normalized spacial score (nSPS) is 16.7. The molecule has 4 amide bonds. The predicted octanol–water partition coefficient (Wildman–Crippen LogP) is 4.21. The van der Waals surface area contributed by atoms with Gasteiger partial charge in [0.25, 0.3) is 23.6 Å². The van der Waals surface area contributed by atoms with Crippen molar-refractivity contribution >= 4 is 46.4 Å². The van der Waals surface area contributed by atoms with Crippen molar-refractivity contribution in [3.63, 3.8) is 0 Å². The Morgan fingerprint density at radius 1 is 0.316 bits per heavy atom. The molecular weight excluding hydrogens is 480 g/mol. The molecule has 8 heteroatoms. The molecule has 0 aliphatic carbocycles. The van der Waals surface area contributed by atoms with E-state index in [4.69, 9.17) is 0 Å². The van der Waals surface area contributed by atoms with Crippen LogP contribution < -0.4 is 20.0 Å². The third-order valence-electron chi connectivity index (χ3n) is 6.64. The van der Waals surface area contributed by atoms with E-state index in [0.717, 1.165) is 0 Å². The van der Waals surface area contributed by atoms with Gasteiger partial charge in [0.1, 0.15) is 11.8 Å². The summed E-state index contributed by atoms with van der Waals surface area (Å²) >= 11 is 0. The minimum absolute atomic E-state index is 0.454. The summed E-state index contributed by atoms with van der Waals surface area (Å²) in [6.45, 7) is 0. The van der Waals surface area contributed by atoms with Crippen LogP contribution in [0.1, 0.15) is 0 Å². The smallest absolute Gasteiger partial charge is 0.260 e. The van der Waals surface area contributed by atoms with Crippen molar-refractivity contribution in [1.82, 2.24) is 0 Å². The number of benzene rings is 4. The molecule has 38 heavy (non-hydrogen) atoms. The van der Waals surface area contributed by atoms with Gasteiger partial charge in [-0.2, -0.15) is 0 Å². The second kappa shape index (κ2) is 9.33. The summed E-state index contributed by atoms with van der Waals surface area (Å²) in [6, 6.07) is 34.9. The van der Waals surface area contributed by atoms with Crippen LogP contribution in [0.25, 0.3) is 0 Å². The third kappa shape index (κ3) is 3.62. The Morgan fingerprint density at radius 3 is 0.684 bits per heavy atom. The maximum absolute atomic E-state index is 14.0. The number of rotatable bonds is 5. The van der Waals surface area contributed by atoms with Gasteiger partial charge in [-0.15, -0.1) is 0 Å². The number of nitrogens with zero attached hydrogens (tertiary/aromatic N) is 4. The van der Waals surface area contributed by atoms with Gasteiger partial charge in [-0.05, 0) is 48.5 Å².